The third-order valence-electron chi connectivity index (χ3n) is 5.64. The van der Waals surface area contributed by atoms with Crippen molar-refractivity contribution in [3.63, 3.8) is 0 Å². The van der Waals surface area contributed by atoms with E-state index in [4.69, 9.17) is 16.6 Å². The molecule has 4 heterocycles. The number of imidazole rings is 1. The molecule has 3 unspecified atom stereocenters. The summed E-state index contributed by atoms with van der Waals surface area (Å²) in [5, 5.41) is 13.0. The van der Waals surface area contributed by atoms with Crippen LogP contribution in [0.5, 0.6) is 0 Å². The predicted octanol–water partition coefficient (Wildman–Crippen LogP) is 2.73. The summed E-state index contributed by atoms with van der Waals surface area (Å²) in [6.07, 6.45) is 7.58. The fourth-order valence-electron chi connectivity index (χ4n) is 4.00. The van der Waals surface area contributed by atoms with Gasteiger partial charge in [0.1, 0.15) is 6.34 Å². The number of hydrogen-bond donors (Lipinski definition) is 0. The standard InChI is InChI=1S/C18H17ClN8/c1-11-6-12(11)7-13-9-24(23-22-13)25-10-21-17-14-4-2-3-5-15(14)26-16(27(17)25)8-20-18(26)19/h2-5,8-12,17H,6-7H2,1H3. The Morgan fingerprint density at radius 1 is 1.26 bits per heavy atom. The lowest BCUT2D eigenvalue weighted by atomic mass is 10.1. The molecule has 2 aromatic heterocycles. The molecule has 136 valence electrons. The first kappa shape index (κ1) is 15.2. The van der Waals surface area contributed by atoms with E-state index in [0.717, 1.165) is 41.0 Å². The molecule has 2 aliphatic heterocycles. The largest absolute Gasteiger partial charge is 0.268 e. The third-order valence-corrected chi connectivity index (χ3v) is 5.91. The molecule has 0 spiro atoms. The lowest BCUT2D eigenvalue weighted by Gasteiger charge is -2.36. The average Bonchev–Trinajstić information content (AvgIpc) is 3.08. The lowest BCUT2D eigenvalue weighted by molar-refractivity contribution is 0.541. The maximum Gasteiger partial charge on any atom is 0.209 e. The molecule has 0 amide bonds. The summed E-state index contributed by atoms with van der Waals surface area (Å²) in [5.41, 5.74) is 3.07. The molecule has 1 saturated carbocycles. The van der Waals surface area contributed by atoms with Gasteiger partial charge in [0.25, 0.3) is 0 Å². The van der Waals surface area contributed by atoms with E-state index in [1.165, 1.54) is 6.42 Å². The third kappa shape index (κ3) is 2.16. The van der Waals surface area contributed by atoms with Crippen LogP contribution in [-0.2, 0) is 6.42 Å². The van der Waals surface area contributed by atoms with E-state index in [0.29, 0.717) is 5.28 Å². The topological polar surface area (TPSA) is 67.4 Å². The Kier molecular flexibility index (Phi) is 3.00. The molecule has 1 aliphatic carbocycles. The smallest absolute Gasteiger partial charge is 0.209 e. The molecule has 3 aromatic rings. The molecule has 0 radical (unpaired) electrons. The quantitative estimate of drug-likeness (QED) is 0.699. The van der Waals surface area contributed by atoms with Gasteiger partial charge in [0, 0.05) is 5.56 Å². The van der Waals surface area contributed by atoms with E-state index in [-0.39, 0.29) is 6.17 Å². The molecule has 9 heteroatoms. The number of para-hydroxylation sites is 1. The number of hydrogen-bond acceptors (Lipinski definition) is 6. The van der Waals surface area contributed by atoms with Crippen molar-refractivity contribution in [1.29, 1.82) is 0 Å². The van der Waals surface area contributed by atoms with E-state index < -0.39 is 0 Å². The van der Waals surface area contributed by atoms with Crippen LogP contribution in [0, 0.1) is 11.8 Å². The number of anilines is 1. The Morgan fingerprint density at radius 2 is 2.11 bits per heavy atom. The molecule has 1 aromatic carbocycles. The Hall–Kier alpha value is -2.87. The molecule has 8 nitrogen and oxygen atoms in total. The van der Waals surface area contributed by atoms with Gasteiger partial charge in [-0.1, -0.05) is 25.1 Å². The Bertz CT molecular complexity index is 1070. The van der Waals surface area contributed by atoms with Gasteiger partial charge in [0.05, 0.1) is 23.8 Å². The van der Waals surface area contributed by atoms with E-state index in [1.807, 2.05) is 39.1 Å². The molecule has 3 aliphatic rings. The van der Waals surface area contributed by atoms with Gasteiger partial charge in [0.2, 0.25) is 5.28 Å². The van der Waals surface area contributed by atoms with Gasteiger partial charge in [-0.05, 0) is 47.6 Å². The number of nitrogens with zero attached hydrogens (tertiary/aromatic N) is 8. The normalized spacial score (nSPS) is 24.7. The van der Waals surface area contributed by atoms with Crippen LogP contribution in [0.25, 0.3) is 5.69 Å². The zero-order valence-corrected chi connectivity index (χ0v) is 15.4. The van der Waals surface area contributed by atoms with Gasteiger partial charge in [-0.3, -0.25) is 4.57 Å². The second-order valence-electron chi connectivity index (χ2n) is 7.39. The Balaban J connectivity index is 1.40. The second kappa shape index (κ2) is 5.32. The predicted molar refractivity (Wildman–Crippen MR) is 102 cm³/mol. The molecule has 0 bridgehead atoms. The molecule has 3 atom stereocenters. The number of benzene rings is 1. The Labute approximate surface area is 160 Å². The average molecular weight is 381 g/mol. The summed E-state index contributed by atoms with van der Waals surface area (Å²) in [4.78, 5) is 10.7. The van der Waals surface area contributed by atoms with Gasteiger partial charge >= 0.3 is 0 Å². The fourth-order valence-corrected chi connectivity index (χ4v) is 4.22. The van der Waals surface area contributed by atoms with Crippen molar-refractivity contribution in [3.05, 3.63) is 53.2 Å². The number of aliphatic imine (C=N–C) groups is 1. The zero-order valence-electron chi connectivity index (χ0n) is 14.6. The summed E-state index contributed by atoms with van der Waals surface area (Å²) in [7, 11) is 0. The highest BCUT2D eigenvalue weighted by Gasteiger charge is 2.40. The second-order valence-corrected chi connectivity index (χ2v) is 7.73. The van der Waals surface area contributed by atoms with Crippen LogP contribution in [0.3, 0.4) is 0 Å². The zero-order chi connectivity index (χ0) is 18.1. The number of hydrazine groups is 1. The van der Waals surface area contributed by atoms with Gasteiger partial charge in [-0.15, -0.1) is 9.89 Å². The van der Waals surface area contributed by atoms with Crippen LogP contribution in [0.1, 0.15) is 30.8 Å². The maximum atomic E-state index is 6.38. The molecule has 0 N–H and O–H groups in total. The van der Waals surface area contributed by atoms with Crippen molar-refractivity contribution in [2.24, 2.45) is 16.8 Å². The van der Waals surface area contributed by atoms with Crippen LogP contribution >= 0.6 is 11.6 Å². The highest BCUT2D eigenvalue weighted by atomic mass is 35.5. The van der Waals surface area contributed by atoms with Crippen LogP contribution in [0.2, 0.25) is 5.28 Å². The summed E-state index contributed by atoms with van der Waals surface area (Å²) in [5.74, 6) is 2.37. The number of fused-ring (bicyclic) bond motifs is 6. The van der Waals surface area contributed by atoms with Gasteiger partial charge in [0.15, 0.2) is 12.0 Å². The van der Waals surface area contributed by atoms with Crippen molar-refractivity contribution < 1.29 is 0 Å². The number of rotatable bonds is 3. The van der Waals surface area contributed by atoms with Crippen molar-refractivity contribution >= 4 is 23.8 Å². The fraction of sp³-hybridized carbons (Fsp3) is 0.333. The highest BCUT2D eigenvalue weighted by Crippen LogP contribution is 2.43. The van der Waals surface area contributed by atoms with Crippen molar-refractivity contribution in [1.82, 2.24) is 24.7 Å². The molecule has 1 fully saturated rings. The highest BCUT2D eigenvalue weighted by molar-refractivity contribution is 6.29. The number of halogens is 1. The molecular formula is C18H17ClN8. The minimum atomic E-state index is -0.183. The minimum absolute atomic E-state index is 0.183. The summed E-state index contributed by atoms with van der Waals surface area (Å²) >= 11 is 6.38. The Morgan fingerprint density at radius 3 is 2.96 bits per heavy atom. The first-order valence-corrected chi connectivity index (χ1v) is 9.44. The minimum Gasteiger partial charge on any atom is -0.268 e. The lowest BCUT2D eigenvalue weighted by Crippen LogP contribution is -2.49. The molecule has 27 heavy (non-hydrogen) atoms. The van der Waals surface area contributed by atoms with E-state index in [9.17, 15) is 0 Å². The summed E-state index contributed by atoms with van der Waals surface area (Å²) in [6, 6.07) is 8.10. The van der Waals surface area contributed by atoms with Crippen LogP contribution in [0.4, 0.5) is 5.82 Å². The number of aromatic nitrogens is 5. The van der Waals surface area contributed by atoms with Gasteiger partial charge in [-0.2, -0.15) is 5.12 Å². The van der Waals surface area contributed by atoms with Crippen LogP contribution in [0.15, 0.2) is 41.7 Å². The van der Waals surface area contributed by atoms with Crippen LogP contribution < -0.4 is 10.1 Å². The van der Waals surface area contributed by atoms with Gasteiger partial charge < -0.3 is 0 Å². The van der Waals surface area contributed by atoms with Gasteiger partial charge in [-0.25, -0.2) is 15.0 Å². The molecule has 6 rings (SSSR count). The first-order chi connectivity index (χ1) is 13.2. The van der Waals surface area contributed by atoms with Crippen molar-refractivity contribution in [2.75, 3.05) is 10.1 Å². The van der Waals surface area contributed by atoms with E-state index >= 15 is 0 Å². The summed E-state index contributed by atoms with van der Waals surface area (Å²) in [6.45, 7) is 2.28. The maximum absolute atomic E-state index is 6.38. The monoisotopic (exact) mass is 380 g/mol. The van der Waals surface area contributed by atoms with Crippen molar-refractivity contribution in [2.45, 2.75) is 25.9 Å². The first-order valence-electron chi connectivity index (χ1n) is 9.06. The van der Waals surface area contributed by atoms with E-state index in [1.54, 1.807) is 17.3 Å². The SMILES string of the molecule is CC1CC1Cc1cn(N2C=NC3c4ccccc4-n4c(cnc4Cl)N32)nn1. The molecular weight excluding hydrogens is 364 g/mol. The summed E-state index contributed by atoms with van der Waals surface area (Å²) < 4.78 is 1.93. The van der Waals surface area contributed by atoms with Crippen molar-refractivity contribution in [3.8, 4) is 5.69 Å². The molecule has 0 saturated heterocycles. The van der Waals surface area contributed by atoms with Crippen LogP contribution in [-0.4, -0.2) is 31.0 Å². The van der Waals surface area contributed by atoms with E-state index in [2.05, 4.69) is 28.3 Å².